The zero-order chi connectivity index (χ0) is 13.7. The number of hydrogen-bond acceptors (Lipinski definition) is 5. The third-order valence-electron chi connectivity index (χ3n) is 3.51. The highest BCUT2D eigenvalue weighted by Gasteiger charge is 2.17. The Morgan fingerprint density at radius 3 is 3.11 bits per heavy atom. The number of methoxy groups -OCH3 is 1. The molecule has 1 aromatic rings. The van der Waals surface area contributed by atoms with E-state index in [2.05, 4.69) is 22.9 Å². The van der Waals surface area contributed by atoms with Gasteiger partial charge < -0.3 is 9.64 Å². The predicted molar refractivity (Wildman–Crippen MR) is 76.1 cm³/mol. The van der Waals surface area contributed by atoms with Gasteiger partial charge in [-0.15, -0.1) is 11.3 Å². The second-order valence-electron chi connectivity index (χ2n) is 5.23. The number of ether oxygens (including phenoxy) is 1. The second-order valence-corrected chi connectivity index (χ2v) is 6.31. The molecular formula is C14H21N3OS. The molecule has 2 rings (SSSR count). The monoisotopic (exact) mass is 279 g/mol. The molecule has 5 heteroatoms. The van der Waals surface area contributed by atoms with Crippen molar-refractivity contribution in [2.75, 3.05) is 26.7 Å². The van der Waals surface area contributed by atoms with Crippen LogP contribution in [0.2, 0.25) is 0 Å². The van der Waals surface area contributed by atoms with Crippen molar-refractivity contribution in [1.82, 2.24) is 9.88 Å². The van der Waals surface area contributed by atoms with Crippen LogP contribution in [0.25, 0.3) is 0 Å². The first-order chi connectivity index (χ1) is 9.22. The summed E-state index contributed by atoms with van der Waals surface area (Å²) in [4.78, 5) is 7.73. The fourth-order valence-corrected chi connectivity index (χ4v) is 3.43. The topological polar surface area (TPSA) is 49.1 Å². The van der Waals surface area contributed by atoms with Gasteiger partial charge in [0.2, 0.25) is 0 Å². The van der Waals surface area contributed by atoms with Crippen molar-refractivity contribution >= 4 is 11.3 Å². The van der Waals surface area contributed by atoms with Gasteiger partial charge >= 0.3 is 0 Å². The van der Waals surface area contributed by atoms with E-state index in [1.54, 1.807) is 7.11 Å². The highest BCUT2D eigenvalue weighted by atomic mass is 32.1. The number of nitrogens with zero attached hydrogens (tertiary/aromatic N) is 3. The average molecular weight is 279 g/mol. The molecule has 1 unspecified atom stereocenters. The summed E-state index contributed by atoms with van der Waals surface area (Å²) in [5, 5.41) is 10.1. The van der Waals surface area contributed by atoms with Crippen molar-refractivity contribution in [2.45, 2.75) is 32.8 Å². The van der Waals surface area contributed by atoms with Crippen LogP contribution >= 0.6 is 11.3 Å². The first-order valence-corrected chi connectivity index (χ1v) is 7.64. The SMILES string of the molecule is COCc1nc(CCN2CCCC(C)C2)sc1C#N. The van der Waals surface area contributed by atoms with Crippen molar-refractivity contribution in [2.24, 2.45) is 5.92 Å². The van der Waals surface area contributed by atoms with Crippen LogP contribution in [-0.2, 0) is 17.8 Å². The van der Waals surface area contributed by atoms with Crippen LogP contribution in [0.5, 0.6) is 0 Å². The number of nitriles is 1. The van der Waals surface area contributed by atoms with Gasteiger partial charge in [-0.1, -0.05) is 6.92 Å². The van der Waals surface area contributed by atoms with Crippen LogP contribution in [-0.4, -0.2) is 36.6 Å². The van der Waals surface area contributed by atoms with Gasteiger partial charge in [-0.05, 0) is 25.3 Å². The number of rotatable bonds is 5. The first kappa shape index (κ1) is 14.4. The lowest BCUT2D eigenvalue weighted by Crippen LogP contribution is -2.35. The molecule has 1 saturated heterocycles. The minimum absolute atomic E-state index is 0.431. The Hall–Kier alpha value is -0.960. The van der Waals surface area contributed by atoms with Gasteiger partial charge in [-0.2, -0.15) is 5.26 Å². The van der Waals surface area contributed by atoms with Crippen molar-refractivity contribution in [1.29, 1.82) is 5.26 Å². The predicted octanol–water partition coefficient (Wildman–Crippen LogP) is 2.44. The molecule has 0 amide bonds. The van der Waals surface area contributed by atoms with E-state index in [0.717, 1.165) is 29.6 Å². The maximum absolute atomic E-state index is 9.06. The lowest BCUT2D eigenvalue weighted by molar-refractivity contribution is 0.180. The minimum Gasteiger partial charge on any atom is -0.378 e. The molecule has 0 N–H and O–H groups in total. The summed E-state index contributed by atoms with van der Waals surface area (Å²) < 4.78 is 5.07. The van der Waals surface area contributed by atoms with E-state index in [4.69, 9.17) is 10.00 Å². The highest BCUT2D eigenvalue weighted by Crippen LogP contribution is 2.20. The van der Waals surface area contributed by atoms with Crippen LogP contribution < -0.4 is 0 Å². The molecule has 1 aliphatic heterocycles. The smallest absolute Gasteiger partial charge is 0.130 e. The van der Waals surface area contributed by atoms with Gasteiger partial charge in [-0.25, -0.2) is 4.98 Å². The van der Waals surface area contributed by atoms with E-state index >= 15 is 0 Å². The van der Waals surface area contributed by atoms with Gasteiger partial charge in [0, 0.05) is 26.6 Å². The summed E-state index contributed by atoms with van der Waals surface area (Å²) >= 11 is 1.51. The van der Waals surface area contributed by atoms with Crippen LogP contribution in [0.15, 0.2) is 0 Å². The van der Waals surface area contributed by atoms with Crippen molar-refractivity contribution in [3.63, 3.8) is 0 Å². The molecule has 1 fully saturated rings. The Kier molecular flexibility index (Phi) is 5.32. The van der Waals surface area contributed by atoms with Gasteiger partial charge in [0.1, 0.15) is 10.9 Å². The summed E-state index contributed by atoms with van der Waals surface area (Å²) in [5.41, 5.74) is 0.789. The second kappa shape index (κ2) is 6.99. The van der Waals surface area contributed by atoms with Crippen LogP contribution in [0.4, 0.5) is 0 Å². The fourth-order valence-electron chi connectivity index (χ4n) is 2.57. The standard InChI is InChI=1S/C14H21N3OS/c1-11-4-3-6-17(9-11)7-5-14-16-12(10-18-2)13(8-15)19-14/h11H,3-7,9-10H2,1-2H3. The van der Waals surface area contributed by atoms with E-state index in [9.17, 15) is 0 Å². The minimum atomic E-state index is 0.431. The van der Waals surface area contributed by atoms with Gasteiger partial charge in [-0.3, -0.25) is 0 Å². The molecule has 0 saturated carbocycles. The number of likely N-dealkylation sites (tertiary alicyclic amines) is 1. The number of aromatic nitrogens is 1. The number of thiazole rings is 1. The molecule has 1 atom stereocenters. The van der Waals surface area contributed by atoms with Gasteiger partial charge in [0.15, 0.2) is 0 Å². The Morgan fingerprint density at radius 1 is 1.58 bits per heavy atom. The van der Waals surface area contributed by atoms with E-state index in [1.165, 1.54) is 37.3 Å². The van der Waals surface area contributed by atoms with Gasteiger partial charge in [0.25, 0.3) is 0 Å². The summed E-state index contributed by atoms with van der Waals surface area (Å²) in [5.74, 6) is 0.809. The highest BCUT2D eigenvalue weighted by molar-refractivity contribution is 7.12. The Labute approximate surface area is 119 Å². The third kappa shape index (κ3) is 4.00. The molecule has 1 aromatic heterocycles. The Balaban J connectivity index is 1.90. The van der Waals surface area contributed by atoms with Crippen molar-refractivity contribution in [3.05, 3.63) is 15.6 Å². The Morgan fingerprint density at radius 2 is 2.42 bits per heavy atom. The summed E-state index contributed by atoms with van der Waals surface area (Å²) in [6.07, 6.45) is 3.59. The lowest BCUT2D eigenvalue weighted by atomic mass is 10.0. The maximum atomic E-state index is 9.06. The van der Waals surface area contributed by atoms with E-state index in [-0.39, 0.29) is 0 Å². The van der Waals surface area contributed by atoms with E-state index in [1.807, 2.05) is 0 Å². The van der Waals surface area contributed by atoms with Crippen LogP contribution in [0.3, 0.4) is 0 Å². The summed E-state index contributed by atoms with van der Waals surface area (Å²) in [6.45, 7) is 6.20. The molecule has 0 aliphatic carbocycles. The zero-order valence-corrected chi connectivity index (χ0v) is 12.5. The third-order valence-corrected chi connectivity index (χ3v) is 4.57. The average Bonchev–Trinajstić information content (AvgIpc) is 2.79. The quantitative estimate of drug-likeness (QED) is 0.830. The molecule has 104 valence electrons. The van der Waals surface area contributed by atoms with E-state index < -0.39 is 0 Å². The summed E-state index contributed by atoms with van der Waals surface area (Å²) in [6, 6.07) is 2.21. The van der Waals surface area contributed by atoms with Crippen LogP contribution in [0, 0.1) is 17.2 Å². The molecule has 2 heterocycles. The molecule has 4 nitrogen and oxygen atoms in total. The number of piperidine rings is 1. The molecular weight excluding hydrogens is 258 g/mol. The maximum Gasteiger partial charge on any atom is 0.130 e. The van der Waals surface area contributed by atoms with Crippen molar-refractivity contribution < 1.29 is 4.74 Å². The molecule has 0 aromatic carbocycles. The van der Waals surface area contributed by atoms with Crippen LogP contribution in [0.1, 0.15) is 35.3 Å². The fraction of sp³-hybridized carbons (Fsp3) is 0.714. The van der Waals surface area contributed by atoms with Gasteiger partial charge in [0.05, 0.1) is 17.3 Å². The molecule has 1 aliphatic rings. The Bertz CT molecular complexity index is 452. The summed E-state index contributed by atoms with van der Waals surface area (Å²) in [7, 11) is 1.63. The molecule has 0 bridgehead atoms. The molecule has 0 spiro atoms. The molecule has 19 heavy (non-hydrogen) atoms. The zero-order valence-electron chi connectivity index (χ0n) is 11.7. The largest absolute Gasteiger partial charge is 0.378 e. The molecule has 0 radical (unpaired) electrons. The normalized spacial score (nSPS) is 20.4. The van der Waals surface area contributed by atoms with Crippen molar-refractivity contribution in [3.8, 4) is 6.07 Å². The number of hydrogen-bond donors (Lipinski definition) is 0. The first-order valence-electron chi connectivity index (χ1n) is 6.83. The van der Waals surface area contributed by atoms with E-state index in [0.29, 0.717) is 11.5 Å². The lowest BCUT2D eigenvalue weighted by Gasteiger charge is -2.30.